The maximum Gasteiger partial charge on any atom is 0.406 e. The average Bonchev–Trinajstić information content (AvgIpc) is 2.88. The number of alkyl halides is 1. The first-order chi connectivity index (χ1) is 13.8. The summed E-state index contributed by atoms with van der Waals surface area (Å²) in [6, 6.07) is 1.18. The van der Waals surface area contributed by atoms with Crippen LogP contribution in [0.25, 0.3) is 0 Å². The fraction of sp³-hybridized carbons (Fsp3) is 0.706. The van der Waals surface area contributed by atoms with Crippen molar-refractivity contribution in [1.29, 1.82) is 0 Å². The van der Waals surface area contributed by atoms with E-state index >= 15 is 0 Å². The van der Waals surface area contributed by atoms with Gasteiger partial charge in [-0.2, -0.15) is 0 Å². The number of carbonyl (C=O) groups is 1. The predicted octanol–water partition coefficient (Wildman–Crippen LogP) is 1.85. The lowest BCUT2D eigenvalue weighted by atomic mass is 10.00. The van der Waals surface area contributed by atoms with Crippen LogP contribution in [0.4, 0.5) is 0 Å². The van der Waals surface area contributed by atoms with Gasteiger partial charge in [-0.3, -0.25) is 28.2 Å². The van der Waals surface area contributed by atoms with Crippen LogP contribution in [-0.4, -0.2) is 50.7 Å². The molecule has 2 aliphatic rings. The number of aromatic nitrogens is 2. The summed E-state index contributed by atoms with van der Waals surface area (Å²) in [5.74, 6) is 0.394. The highest BCUT2D eigenvalue weighted by atomic mass is 35.5. The quantitative estimate of drug-likeness (QED) is 0.367. The van der Waals surface area contributed by atoms with Gasteiger partial charge in [0.15, 0.2) is 11.3 Å². The van der Waals surface area contributed by atoms with Gasteiger partial charge in [-0.05, 0) is 6.92 Å². The highest BCUT2D eigenvalue weighted by Gasteiger charge is 2.59. The van der Waals surface area contributed by atoms with Crippen LogP contribution in [0.15, 0.2) is 21.9 Å². The van der Waals surface area contributed by atoms with Crippen molar-refractivity contribution in [3.8, 4) is 0 Å². The van der Waals surface area contributed by atoms with Crippen LogP contribution in [0, 0.1) is 5.41 Å². The number of H-pyrrole nitrogens is 1. The van der Waals surface area contributed by atoms with Gasteiger partial charge in [0.25, 0.3) is 5.56 Å². The van der Waals surface area contributed by atoms with Crippen LogP contribution in [0.2, 0.25) is 0 Å². The van der Waals surface area contributed by atoms with Crippen LogP contribution >= 0.6 is 31.1 Å². The van der Waals surface area contributed by atoms with Gasteiger partial charge >= 0.3 is 13.4 Å². The third-order valence-electron chi connectivity index (χ3n) is 4.70. The van der Waals surface area contributed by atoms with Crippen LogP contribution in [-0.2, 0) is 23.1 Å². The first kappa shape index (κ1) is 23.7. The number of fused-ring (bicyclic) bond motifs is 1. The number of hydrogen-bond donors (Lipinski definition) is 2. The number of halogens is 1. The predicted molar refractivity (Wildman–Crippen MR) is 113 cm³/mol. The standard InChI is InChI=1S/C17H25ClN3O7PS/c1-16(2,3)14(23)30-8-6-19-29(25)26-9-10-12(28-29)17(4,18)13(27-10)21-7-5-11(22)20-15(21)24/h5,7,10,12-13H,6,8-9H2,1-4H3,(H,19,25)(H,20,22,24)/t10-,12-,13-,17-,29-/m1/s1. The maximum absolute atomic E-state index is 13.0. The summed E-state index contributed by atoms with van der Waals surface area (Å²) in [5.41, 5.74) is -1.68. The van der Waals surface area contributed by atoms with E-state index in [9.17, 15) is 18.9 Å². The summed E-state index contributed by atoms with van der Waals surface area (Å²) in [6.45, 7) is 7.27. The molecule has 0 saturated carbocycles. The molecule has 2 fully saturated rings. The number of hydrogen-bond acceptors (Lipinski definition) is 8. The van der Waals surface area contributed by atoms with E-state index < -0.39 is 47.7 Å². The second-order valence-electron chi connectivity index (χ2n) is 8.31. The second kappa shape index (κ2) is 8.54. The number of nitrogens with one attached hydrogen (secondary N) is 2. The van der Waals surface area contributed by atoms with Crippen molar-refractivity contribution in [2.45, 2.75) is 51.0 Å². The van der Waals surface area contributed by atoms with Crippen molar-refractivity contribution < 1.29 is 23.1 Å². The van der Waals surface area contributed by atoms with E-state index in [4.69, 9.17) is 25.4 Å². The van der Waals surface area contributed by atoms with E-state index in [2.05, 4.69) is 10.1 Å². The number of nitrogens with zero attached hydrogens (tertiary/aromatic N) is 1. The number of aromatic amines is 1. The largest absolute Gasteiger partial charge is 0.406 e. The molecule has 2 N–H and O–H groups in total. The third kappa shape index (κ3) is 4.93. The fourth-order valence-corrected chi connectivity index (χ4v) is 6.09. The zero-order valence-corrected chi connectivity index (χ0v) is 19.5. The molecule has 3 heterocycles. The van der Waals surface area contributed by atoms with Crippen LogP contribution in [0.1, 0.15) is 33.9 Å². The molecule has 0 amide bonds. The summed E-state index contributed by atoms with van der Waals surface area (Å²) >= 11 is 7.82. The summed E-state index contributed by atoms with van der Waals surface area (Å²) in [4.78, 5) is 36.3. The number of thioether (sulfide) groups is 1. The Morgan fingerprint density at radius 2 is 2.17 bits per heavy atom. The van der Waals surface area contributed by atoms with Gasteiger partial charge in [0.2, 0.25) is 0 Å². The second-order valence-corrected chi connectivity index (χ2v) is 12.0. The Bertz CT molecular complexity index is 973. The molecular formula is C17H25ClN3O7PS. The van der Waals surface area contributed by atoms with E-state index in [0.717, 1.165) is 16.3 Å². The molecule has 3 rings (SSSR count). The molecule has 168 valence electrons. The van der Waals surface area contributed by atoms with Crippen molar-refractivity contribution in [2.75, 3.05) is 18.9 Å². The Balaban J connectivity index is 1.66. The summed E-state index contributed by atoms with van der Waals surface area (Å²) in [6.07, 6.45) is -1.17. The average molecular weight is 482 g/mol. The zero-order chi connectivity index (χ0) is 22.3. The highest BCUT2D eigenvalue weighted by molar-refractivity contribution is 8.13. The molecule has 30 heavy (non-hydrogen) atoms. The Morgan fingerprint density at radius 3 is 2.80 bits per heavy atom. The molecule has 13 heteroatoms. The molecular weight excluding hydrogens is 457 g/mol. The van der Waals surface area contributed by atoms with Gasteiger partial charge < -0.3 is 4.74 Å². The fourth-order valence-electron chi connectivity index (χ4n) is 3.10. The molecule has 0 radical (unpaired) electrons. The van der Waals surface area contributed by atoms with Crippen LogP contribution in [0.5, 0.6) is 0 Å². The monoisotopic (exact) mass is 481 g/mol. The van der Waals surface area contributed by atoms with Crippen molar-refractivity contribution in [1.82, 2.24) is 14.6 Å². The zero-order valence-electron chi connectivity index (χ0n) is 17.0. The van der Waals surface area contributed by atoms with Crippen LogP contribution < -0.4 is 16.3 Å². The van der Waals surface area contributed by atoms with E-state index in [1.165, 1.54) is 12.3 Å². The molecule has 0 spiro atoms. The molecule has 10 nitrogen and oxygen atoms in total. The van der Waals surface area contributed by atoms with E-state index in [1.54, 1.807) is 6.92 Å². The van der Waals surface area contributed by atoms with Gasteiger partial charge in [-0.15, -0.1) is 11.6 Å². The van der Waals surface area contributed by atoms with Crippen molar-refractivity contribution in [2.24, 2.45) is 5.41 Å². The Hall–Kier alpha value is -0.940. The lowest BCUT2D eigenvalue weighted by Crippen LogP contribution is -2.46. The Labute approximate surface area is 182 Å². The minimum absolute atomic E-state index is 0.0276. The van der Waals surface area contributed by atoms with E-state index in [1.807, 2.05) is 20.8 Å². The normalized spacial score (nSPS) is 34.0. The molecule has 0 unspecified atom stereocenters. The van der Waals surface area contributed by atoms with Crippen molar-refractivity contribution >= 4 is 36.2 Å². The lowest BCUT2D eigenvalue weighted by molar-refractivity contribution is -0.117. The molecule has 0 aliphatic carbocycles. The van der Waals surface area contributed by atoms with Crippen molar-refractivity contribution in [3.63, 3.8) is 0 Å². The lowest BCUT2D eigenvalue weighted by Gasteiger charge is -2.35. The topological polar surface area (TPSA) is 129 Å². The molecule has 1 aromatic rings. The minimum atomic E-state index is -3.69. The highest BCUT2D eigenvalue weighted by Crippen LogP contribution is 2.57. The summed E-state index contributed by atoms with van der Waals surface area (Å²) in [7, 11) is -3.69. The molecule has 2 saturated heterocycles. The molecule has 0 aromatic carbocycles. The number of rotatable bonds is 5. The van der Waals surface area contributed by atoms with Crippen molar-refractivity contribution in [3.05, 3.63) is 33.1 Å². The van der Waals surface area contributed by atoms with Gasteiger partial charge in [-0.25, -0.2) is 14.4 Å². The maximum atomic E-state index is 13.0. The Morgan fingerprint density at radius 1 is 1.47 bits per heavy atom. The Kier molecular flexibility index (Phi) is 6.75. The van der Waals surface area contributed by atoms with Gasteiger partial charge in [0, 0.05) is 30.0 Å². The number of carbonyl (C=O) groups excluding carboxylic acids is 1. The smallest absolute Gasteiger partial charge is 0.347 e. The molecule has 2 aliphatic heterocycles. The van der Waals surface area contributed by atoms with Gasteiger partial charge in [0.05, 0.1) is 6.61 Å². The summed E-state index contributed by atoms with van der Waals surface area (Å²) < 4.78 is 31.0. The molecule has 5 atom stereocenters. The molecule has 0 bridgehead atoms. The number of ether oxygens (including phenoxy) is 1. The SMILES string of the molecule is CC(C)(C)C(=O)SCCN[P@@]1(=O)OC[C@H]2O[C@@H](n3ccc(=O)[nH]c3=O)[C@](C)(Cl)[C@@H]2O1. The first-order valence-corrected chi connectivity index (χ1v) is 12.3. The van der Waals surface area contributed by atoms with E-state index in [-0.39, 0.29) is 18.3 Å². The summed E-state index contributed by atoms with van der Waals surface area (Å²) in [5, 5.41) is 2.76. The third-order valence-corrected chi connectivity index (χ3v) is 7.99. The van der Waals surface area contributed by atoms with E-state index in [0.29, 0.717) is 5.75 Å². The van der Waals surface area contributed by atoms with Gasteiger partial charge in [0.1, 0.15) is 17.1 Å². The van der Waals surface area contributed by atoms with Gasteiger partial charge in [-0.1, -0.05) is 32.5 Å². The molecule has 1 aromatic heterocycles. The first-order valence-electron chi connectivity index (χ1n) is 9.35. The minimum Gasteiger partial charge on any atom is -0.347 e. The van der Waals surface area contributed by atoms with Crippen LogP contribution in [0.3, 0.4) is 0 Å².